The zero-order valence-electron chi connectivity index (χ0n) is 10.9. The Balaban J connectivity index is 2.21. The zero-order valence-corrected chi connectivity index (χ0v) is 12.4. The summed E-state index contributed by atoms with van der Waals surface area (Å²) in [6, 6.07) is 5.16. The van der Waals surface area contributed by atoms with Gasteiger partial charge in [-0.1, -0.05) is 35.3 Å². The lowest BCUT2D eigenvalue weighted by molar-refractivity contribution is 0.0697. The van der Waals surface area contributed by atoms with Crippen molar-refractivity contribution in [2.75, 3.05) is 0 Å². The van der Waals surface area contributed by atoms with E-state index in [1.54, 1.807) is 24.5 Å². The molecule has 3 rings (SSSR count). The molecule has 1 aromatic carbocycles. The predicted molar refractivity (Wildman–Crippen MR) is 83.1 cm³/mol. The van der Waals surface area contributed by atoms with Crippen LogP contribution in [-0.4, -0.2) is 16.1 Å². The summed E-state index contributed by atoms with van der Waals surface area (Å²) in [4.78, 5) is 15.1. The Morgan fingerprint density at radius 2 is 1.90 bits per heavy atom. The zero-order chi connectivity index (χ0) is 15.0. The largest absolute Gasteiger partial charge is 0.478 e. The first-order chi connectivity index (χ1) is 10.1. The van der Waals surface area contributed by atoms with E-state index in [9.17, 15) is 9.90 Å². The van der Waals surface area contributed by atoms with Gasteiger partial charge in [-0.25, -0.2) is 4.79 Å². The molecule has 0 bridgehead atoms. The first-order valence-corrected chi connectivity index (χ1v) is 7.19. The van der Waals surface area contributed by atoms with Crippen molar-refractivity contribution in [2.24, 2.45) is 0 Å². The molecule has 0 saturated carbocycles. The van der Waals surface area contributed by atoms with Crippen LogP contribution in [0.2, 0.25) is 10.0 Å². The minimum atomic E-state index is -0.949. The van der Waals surface area contributed by atoms with E-state index in [1.807, 2.05) is 12.1 Å². The van der Waals surface area contributed by atoms with Crippen LogP contribution in [0.1, 0.15) is 33.5 Å². The molecular weight excluding hydrogens is 309 g/mol. The van der Waals surface area contributed by atoms with Crippen molar-refractivity contribution in [1.82, 2.24) is 4.98 Å². The summed E-state index contributed by atoms with van der Waals surface area (Å²) in [6.07, 6.45) is 6.86. The number of carboxylic acids is 1. The van der Waals surface area contributed by atoms with Crippen molar-refractivity contribution in [1.29, 1.82) is 0 Å². The summed E-state index contributed by atoms with van der Waals surface area (Å²) >= 11 is 12.5. The normalized spacial score (nSPS) is 13.5. The third kappa shape index (κ3) is 2.55. The number of halogens is 2. The average Bonchev–Trinajstić information content (AvgIpc) is 2.46. The molecule has 21 heavy (non-hydrogen) atoms. The second kappa shape index (κ2) is 5.51. The molecular formula is C16H11Cl2NO2. The van der Waals surface area contributed by atoms with Crippen molar-refractivity contribution in [3.05, 3.63) is 69.0 Å². The van der Waals surface area contributed by atoms with Gasteiger partial charge in [-0.15, -0.1) is 0 Å². The number of hydrogen-bond donors (Lipinski definition) is 1. The molecule has 0 aliphatic heterocycles. The number of rotatable bonds is 2. The maximum absolute atomic E-state index is 11.2. The summed E-state index contributed by atoms with van der Waals surface area (Å²) in [5, 5.41) is 10.1. The highest BCUT2D eigenvalue weighted by Gasteiger charge is 2.20. The van der Waals surface area contributed by atoms with Crippen molar-refractivity contribution < 1.29 is 9.90 Å². The van der Waals surface area contributed by atoms with Crippen LogP contribution in [0.5, 0.6) is 0 Å². The number of fused-ring (bicyclic) bond motifs is 1. The highest BCUT2D eigenvalue weighted by molar-refractivity contribution is 6.37. The number of aromatic carboxylic acids is 1. The number of aryl methyl sites for hydroxylation is 1. The fourth-order valence-corrected chi connectivity index (χ4v) is 3.13. The number of carbonyl (C=O) groups is 1. The van der Waals surface area contributed by atoms with Crippen LogP contribution in [0, 0.1) is 0 Å². The van der Waals surface area contributed by atoms with Gasteiger partial charge in [0.25, 0.3) is 0 Å². The molecule has 5 heteroatoms. The van der Waals surface area contributed by atoms with E-state index in [0.29, 0.717) is 15.6 Å². The number of benzene rings is 1. The number of pyridine rings is 1. The number of carboxylic acid groups (broad SMARTS) is 1. The minimum Gasteiger partial charge on any atom is -0.478 e. The highest BCUT2D eigenvalue weighted by Crippen LogP contribution is 2.38. The molecule has 0 amide bonds. The van der Waals surface area contributed by atoms with Gasteiger partial charge in [0.05, 0.1) is 15.6 Å². The van der Waals surface area contributed by atoms with Crippen LogP contribution in [0.25, 0.3) is 5.57 Å². The van der Waals surface area contributed by atoms with E-state index in [0.717, 1.165) is 29.5 Å². The average molecular weight is 320 g/mol. The van der Waals surface area contributed by atoms with Crippen LogP contribution in [0.3, 0.4) is 0 Å². The van der Waals surface area contributed by atoms with E-state index < -0.39 is 5.97 Å². The Morgan fingerprint density at radius 3 is 2.57 bits per heavy atom. The van der Waals surface area contributed by atoms with Gasteiger partial charge in [-0.05, 0) is 41.7 Å². The van der Waals surface area contributed by atoms with Crippen molar-refractivity contribution >= 4 is 34.7 Å². The summed E-state index contributed by atoms with van der Waals surface area (Å²) in [5.74, 6) is -0.949. The fourth-order valence-electron chi connectivity index (χ4n) is 2.57. The number of hydrogen-bond acceptors (Lipinski definition) is 2. The Bertz CT molecular complexity index is 749. The van der Waals surface area contributed by atoms with Gasteiger partial charge >= 0.3 is 5.97 Å². The molecule has 1 aliphatic carbocycles. The Labute approximate surface area is 131 Å². The van der Waals surface area contributed by atoms with Gasteiger partial charge in [0.15, 0.2) is 0 Å². The molecule has 0 atom stereocenters. The number of aromatic nitrogens is 1. The topological polar surface area (TPSA) is 50.2 Å². The smallest absolute Gasteiger partial charge is 0.335 e. The third-order valence-electron chi connectivity index (χ3n) is 3.53. The van der Waals surface area contributed by atoms with Gasteiger partial charge in [0, 0.05) is 18.0 Å². The second-order valence-electron chi connectivity index (χ2n) is 4.81. The molecule has 0 radical (unpaired) electrons. The van der Waals surface area contributed by atoms with Crippen molar-refractivity contribution in [2.45, 2.75) is 12.8 Å². The number of allylic oxidation sites excluding steroid dienone is 1. The van der Waals surface area contributed by atoms with Crippen LogP contribution in [0.15, 0.2) is 36.7 Å². The lowest BCUT2D eigenvalue weighted by Crippen LogP contribution is -2.05. The van der Waals surface area contributed by atoms with E-state index >= 15 is 0 Å². The van der Waals surface area contributed by atoms with Gasteiger partial charge < -0.3 is 5.11 Å². The lowest BCUT2D eigenvalue weighted by Gasteiger charge is -2.20. The van der Waals surface area contributed by atoms with Crippen molar-refractivity contribution in [3.63, 3.8) is 0 Å². The molecule has 1 aromatic heterocycles. The van der Waals surface area contributed by atoms with Crippen LogP contribution in [-0.2, 0) is 6.42 Å². The molecule has 3 nitrogen and oxygen atoms in total. The molecule has 1 heterocycles. The van der Waals surface area contributed by atoms with E-state index in [2.05, 4.69) is 4.98 Å². The first-order valence-electron chi connectivity index (χ1n) is 6.44. The SMILES string of the molecule is O=C(O)c1ccc2c(c1)C(c1c(Cl)cncc1Cl)=CCC2. The molecule has 0 unspecified atom stereocenters. The Morgan fingerprint density at radius 1 is 1.19 bits per heavy atom. The van der Waals surface area contributed by atoms with Gasteiger partial charge in [0.2, 0.25) is 0 Å². The molecule has 1 N–H and O–H groups in total. The Kier molecular flexibility index (Phi) is 3.70. The maximum atomic E-state index is 11.2. The van der Waals surface area contributed by atoms with E-state index in [4.69, 9.17) is 23.2 Å². The quantitative estimate of drug-likeness (QED) is 0.888. The highest BCUT2D eigenvalue weighted by atomic mass is 35.5. The monoisotopic (exact) mass is 319 g/mol. The third-order valence-corrected chi connectivity index (χ3v) is 4.11. The standard InChI is InChI=1S/C16H11Cl2NO2/c17-13-7-19-8-14(18)15(13)11-3-1-2-9-4-5-10(16(20)21)6-12(9)11/h3-8H,1-2H2,(H,20,21). The summed E-state index contributed by atoms with van der Waals surface area (Å²) in [7, 11) is 0. The minimum absolute atomic E-state index is 0.253. The molecule has 0 saturated heterocycles. The van der Waals surface area contributed by atoms with Gasteiger partial charge in [-0.2, -0.15) is 0 Å². The van der Waals surface area contributed by atoms with Crippen LogP contribution >= 0.6 is 23.2 Å². The van der Waals surface area contributed by atoms with Crippen LogP contribution in [0.4, 0.5) is 0 Å². The predicted octanol–water partition coefficient (Wildman–Crippen LogP) is 4.46. The Hall–Kier alpha value is -1.84. The molecule has 0 fully saturated rings. The molecule has 2 aromatic rings. The van der Waals surface area contributed by atoms with Gasteiger partial charge in [0.1, 0.15) is 0 Å². The lowest BCUT2D eigenvalue weighted by atomic mass is 9.86. The van der Waals surface area contributed by atoms with Crippen molar-refractivity contribution in [3.8, 4) is 0 Å². The molecule has 106 valence electrons. The maximum Gasteiger partial charge on any atom is 0.335 e. The summed E-state index contributed by atoms with van der Waals surface area (Å²) in [5.41, 5.74) is 3.80. The first kappa shape index (κ1) is 14.1. The molecule has 1 aliphatic rings. The van der Waals surface area contributed by atoms with Crippen LogP contribution < -0.4 is 0 Å². The van der Waals surface area contributed by atoms with Gasteiger partial charge in [-0.3, -0.25) is 4.98 Å². The second-order valence-corrected chi connectivity index (χ2v) is 5.63. The van der Waals surface area contributed by atoms with E-state index in [1.165, 1.54) is 0 Å². The summed E-state index contributed by atoms with van der Waals surface area (Å²) in [6.45, 7) is 0. The van der Waals surface area contributed by atoms with E-state index in [-0.39, 0.29) is 5.56 Å². The summed E-state index contributed by atoms with van der Waals surface area (Å²) < 4.78 is 0. The fraction of sp³-hybridized carbons (Fsp3) is 0.125. The molecule has 0 spiro atoms. The number of nitrogens with zero attached hydrogens (tertiary/aromatic N) is 1.